The summed E-state index contributed by atoms with van der Waals surface area (Å²) in [6.07, 6.45) is 2.33. The number of fused-ring (bicyclic) bond motifs is 1. The number of amides is 3. The number of aliphatic carboxylic acids is 2. The van der Waals surface area contributed by atoms with Gasteiger partial charge in [0, 0.05) is 31.3 Å². The van der Waals surface area contributed by atoms with E-state index < -0.39 is 59.6 Å². The molecule has 1 aliphatic heterocycles. The van der Waals surface area contributed by atoms with Crippen LogP contribution in [-0.2, 0) is 43.4 Å². The highest BCUT2D eigenvalue weighted by molar-refractivity contribution is 5.94. The fourth-order valence-corrected chi connectivity index (χ4v) is 4.36. The first kappa shape index (κ1) is 28.4. The second kappa shape index (κ2) is 11.9. The average molecular weight is 528 g/mol. The number of carboxylic acid groups (broad SMARTS) is 2. The van der Waals surface area contributed by atoms with E-state index in [0.29, 0.717) is 5.69 Å². The van der Waals surface area contributed by atoms with Gasteiger partial charge >= 0.3 is 11.9 Å². The van der Waals surface area contributed by atoms with Crippen LogP contribution in [0, 0.1) is 5.41 Å². The molecule has 5 N–H and O–H groups in total. The molecule has 0 bridgehead atoms. The predicted molar refractivity (Wildman–Crippen MR) is 135 cm³/mol. The zero-order chi connectivity index (χ0) is 28.0. The highest BCUT2D eigenvalue weighted by Gasteiger charge is 2.42. The van der Waals surface area contributed by atoms with Crippen LogP contribution in [-0.4, -0.2) is 72.9 Å². The summed E-state index contributed by atoms with van der Waals surface area (Å²) in [4.78, 5) is 70.9. The van der Waals surface area contributed by atoms with Crippen molar-refractivity contribution in [3.8, 4) is 0 Å². The number of aromatic amines is 1. The van der Waals surface area contributed by atoms with Crippen LogP contribution >= 0.6 is 0 Å². The maximum Gasteiger partial charge on any atom is 0.326 e. The lowest BCUT2D eigenvalue weighted by Gasteiger charge is -2.41. The van der Waals surface area contributed by atoms with Gasteiger partial charge in [-0.15, -0.1) is 0 Å². The Morgan fingerprint density at radius 3 is 2.37 bits per heavy atom. The number of nitrogens with one attached hydrogen (secondary N) is 3. The molecule has 2 heterocycles. The van der Waals surface area contributed by atoms with Crippen molar-refractivity contribution in [2.24, 2.45) is 5.41 Å². The summed E-state index contributed by atoms with van der Waals surface area (Å²) in [6, 6.07) is 3.84. The van der Waals surface area contributed by atoms with Crippen LogP contribution in [0.25, 0.3) is 0 Å². The van der Waals surface area contributed by atoms with Crippen molar-refractivity contribution in [1.29, 1.82) is 0 Å². The van der Waals surface area contributed by atoms with E-state index in [1.54, 1.807) is 20.8 Å². The first-order valence-corrected chi connectivity index (χ1v) is 12.3. The van der Waals surface area contributed by atoms with Crippen LogP contribution in [0.2, 0.25) is 0 Å². The Bertz CT molecular complexity index is 1190. The lowest BCUT2D eigenvalue weighted by Crippen LogP contribution is -2.61. The van der Waals surface area contributed by atoms with E-state index in [1.807, 2.05) is 24.3 Å². The van der Waals surface area contributed by atoms with Crippen LogP contribution in [0.3, 0.4) is 0 Å². The summed E-state index contributed by atoms with van der Waals surface area (Å²) in [5.41, 5.74) is 1.53. The van der Waals surface area contributed by atoms with E-state index in [0.717, 1.165) is 11.1 Å². The molecule has 3 amide bonds. The SMILES string of the molecule is CC(C)(C)[C@H](NC(=O)Cc1cnc[nH]1)C(=O)N1Cc2ccccc2C[C@H]1C(=O)N[C@@H](CCC(=O)O)C(=O)O. The molecule has 3 atom stereocenters. The second-order valence-electron chi connectivity index (χ2n) is 10.4. The van der Waals surface area contributed by atoms with E-state index in [2.05, 4.69) is 20.6 Å². The Morgan fingerprint density at radius 1 is 1.11 bits per heavy atom. The third kappa shape index (κ3) is 7.17. The fourth-order valence-electron chi connectivity index (χ4n) is 4.36. The highest BCUT2D eigenvalue weighted by atomic mass is 16.4. The summed E-state index contributed by atoms with van der Waals surface area (Å²) >= 11 is 0. The number of carboxylic acids is 2. The van der Waals surface area contributed by atoms with Gasteiger partial charge in [0.15, 0.2) is 0 Å². The van der Waals surface area contributed by atoms with E-state index in [-0.39, 0.29) is 25.8 Å². The third-order valence-corrected chi connectivity index (χ3v) is 6.42. The molecule has 0 fully saturated rings. The minimum absolute atomic E-state index is 0.0174. The van der Waals surface area contributed by atoms with Gasteiger partial charge in [-0.05, 0) is 23.0 Å². The molecule has 0 unspecified atom stereocenters. The normalized spacial score (nSPS) is 16.6. The van der Waals surface area contributed by atoms with Crippen LogP contribution in [0.1, 0.15) is 50.4 Å². The molecular formula is C26H33N5O7. The van der Waals surface area contributed by atoms with Gasteiger partial charge in [0.05, 0.1) is 12.7 Å². The second-order valence-corrected chi connectivity index (χ2v) is 10.4. The number of carbonyl (C=O) groups excluding carboxylic acids is 3. The standard InChI is InChI=1S/C26H33N5O7/c1-26(2,3)22(30-20(32)11-17-12-27-14-28-17)24(36)31-13-16-7-5-4-6-15(16)10-19(31)23(35)29-18(25(37)38)8-9-21(33)34/h4-7,12,14,18-19,22H,8-11,13H2,1-3H3,(H,27,28)(H,29,35)(H,30,32)(H,33,34)(H,37,38)/t18-,19-,22+/m0/s1. The summed E-state index contributed by atoms with van der Waals surface area (Å²) in [7, 11) is 0. The van der Waals surface area contributed by atoms with Crippen LogP contribution in [0.4, 0.5) is 0 Å². The van der Waals surface area contributed by atoms with Gasteiger partial charge in [-0.25, -0.2) is 9.78 Å². The minimum atomic E-state index is -1.43. The lowest BCUT2D eigenvalue weighted by atomic mass is 9.84. The number of nitrogens with zero attached hydrogens (tertiary/aromatic N) is 2. The zero-order valence-electron chi connectivity index (χ0n) is 21.6. The summed E-state index contributed by atoms with van der Waals surface area (Å²) < 4.78 is 0. The minimum Gasteiger partial charge on any atom is -0.481 e. The van der Waals surface area contributed by atoms with Crippen molar-refractivity contribution in [1.82, 2.24) is 25.5 Å². The number of rotatable bonds is 10. The van der Waals surface area contributed by atoms with Crippen molar-refractivity contribution < 1.29 is 34.2 Å². The highest BCUT2D eigenvalue weighted by Crippen LogP contribution is 2.28. The molecule has 1 aromatic heterocycles. The summed E-state index contributed by atoms with van der Waals surface area (Å²) in [5, 5.41) is 23.7. The van der Waals surface area contributed by atoms with Crippen molar-refractivity contribution in [3.05, 3.63) is 53.6 Å². The summed E-state index contributed by atoms with van der Waals surface area (Å²) in [6.45, 7) is 5.48. The third-order valence-electron chi connectivity index (χ3n) is 6.42. The number of aromatic nitrogens is 2. The molecule has 0 radical (unpaired) electrons. The molecule has 12 heteroatoms. The van der Waals surface area contributed by atoms with Crippen molar-refractivity contribution in [2.75, 3.05) is 0 Å². The number of hydrogen-bond donors (Lipinski definition) is 5. The van der Waals surface area contributed by atoms with E-state index >= 15 is 0 Å². The Hall–Kier alpha value is -4.22. The molecule has 0 aliphatic carbocycles. The van der Waals surface area contributed by atoms with Gasteiger partial charge in [-0.2, -0.15) is 0 Å². The van der Waals surface area contributed by atoms with Gasteiger partial charge in [0.2, 0.25) is 17.7 Å². The molecule has 12 nitrogen and oxygen atoms in total. The molecular weight excluding hydrogens is 494 g/mol. The maximum absolute atomic E-state index is 14.0. The largest absolute Gasteiger partial charge is 0.481 e. The van der Waals surface area contributed by atoms with Crippen LogP contribution < -0.4 is 10.6 Å². The Labute approximate surface area is 219 Å². The number of imidazole rings is 1. The van der Waals surface area contributed by atoms with E-state index in [1.165, 1.54) is 17.4 Å². The molecule has 0 saturated carbocycles. The number of benzene rings is 1. The predicted octanol–water partition coefficient (Wildman–Crippen LogP) is 0.871. The van der Waals surface area contributed by atoms with Crippen molar-refractivity contribution >= 4 is 29.7 Å². The van der Waals surface area contributed by atoms with Gasteiger partial charge < -0.3 is 30.7 Å². The van der Waals surface area contributed by atoms with Gasteiger partial charge in [0.1, 0.15) is 18.1 Å². The number of carbonyl (C=O) groups is 5. The smallest absolute Gasteiger partial charge is 0.326 e. The summed E-state index contributed by atoms with van der Waals surface area (Å²) in [5.74, 6) is -4.15. The number of hydrogen-bond acceptors (Lipinski definition) is 6. The molecule has 3 rings (SSSR count). The van der Waals surface area contributed by atoms with Crippen molar-refractivity contribution in [3.63, 3.8) is 0 Å². The van der Waals surface area contributed by atoms with E-state index in [4.69, 9.17) is 5.11 Å². The molecule has 1 aromatic carbocycles. The lowest BCUT2D eigenvalue weighted by molar-refractivity contribution is -0.149. The quantitative estimate of drug-likeness (QED) is 0.302. The fraction of sp³-hybridized carbons (Fsp3) is 0.462. The van der Waals surface area contributed by atoms with Gasteiger partial charge in [-0.3, -0.25) is 19.2 Å². The monoisotopic (exact) mass is 527 g/mol. The Kier molecular flexibility index (Phi) is 8.87. The number of H-pyrrole nitrogens is 1. The van der Waals surface area contributed by atoms with Gasteiger partial charge in [0.25, 0.3) is 0 Å². The molecule has 0 saturated heterocycles. The first-order chi connectivity index (χ1) is 17.9. The van der Waals surface area contributed by atoms with Crippen LogP contribution in [0.5, 0.6) is 0 Å². The molecule has 38 heavy (non-hydrogen) atoms. The Balaban J connectivity index is 1.88. The van der Waals surface area contributed by atoms with Gasteiger partial charge in [-0.1, -0.05) is 45.0 Å². The average Bonchev–Trinajstić information content (AvgIpc) is 3.35. The van der Waals surface area contributed by atoms with E-state index in [9.17, 15) is 29.1 Å². The topological polar surface area (TPSA) is 182 Å². The molecule has 2 aromatic rings. The first-order valence-electron chi connectivity index (χ1n) is 12.3. The Morgan fingerprint density at radius 2 is 1.79 bits per heavy atom. The zero-order valence-corrected chi connectivity index (χ0v) is 21.6. The molecule has 204 valence electrons. The van der Waals surface area contributed by atoms with Crippen molar-refractivity contribution in [2.45, 2.75) is 71.1 Å². The van der Waals surface area contributed by atoms with Crippen LogP contribution in [0.15, 0.2) is 36.8 Å². The molecule has 1 aliphatic rings. The maximum atomic E-state index is 14.0. The molecule has 0 spiro atoms.